The van der Waals surface area contributed by atoms with Gasteiger partial charge in [0.05, 0.1) is 17.5 Å². The molecule has 4 nitrogen and oxygen atoms in total. The highest BCUT2D eigenvalue weighted by atomic mass is 19.4. The summed E-state index contributed by atoms with van der Waals surface area (Å²) in [5, 5.41) is 2.14. The number of halogens is 6. The number of benzene rings is 1. The molecular formula is C15H14F6N2O2. The van der Waals surface area contributed by atoms with E-state index < -0.39 is 53.3 Å². The second-order valence-electron chi connectivity index (χ2n) is 5.14. The summed E-state index contributed by atoms with van der Waals surface area (Å²) in [4.78, 5) is 22.9. The first-order chi connectivity index (χ1) is 11.3. The lowest BCUT2D eigenvalue weighted by Gasteiger charge is -2.16. The topological polar surface area (TPSA) is 72.2 Å². The first kappa shape index (κ1) is 20.5. The summed E-state index contributed by atoms with van der Waals surface area (Å²) in [6, 6.07) is -0.299. The monoisotopic (exact) mass is 368 g/mol. The van der Waals surface area contributed by atoms with Gasteiger partial charge in [0, 0.05) is 0 Å². The largest absolute Gasteiger partial charge is 0.416 e. The van der Waals surface area contributed by atoms with Crippen LogP contribution in [-0.4, -0.2) is 17.9 Å². The van der Waals surface area contributed by atoms with Gasteiger partial charge < -0.3 is 11.1 Å². The van der Waals surface area contributed by atoms with Gasteiger partial charge in [0.15, 0.2) is 0 Å². The van der Waals surface area contributed by atoms with Crippen molar-refractivity contribution >= 4 is 11.8 Å². The van der Waals surface area contributed by atoms with Gasteiger partial charge in [-0.2, -0.15) is 26.3 Å². The normalized spacial score (nSPS) is 13.2. The number of carbonyl (C=O) groups is 2. The molecule has 1 aromatic rings. The number of hydrogen-bond donors (Lipinski definition) is 2. The Labute approximate surface area is 138 Å². The fourth-order valence-electron chi connectivity index (χ4n) is 1.97. The molecule has 0 unspecified atom stereocenters. The molecule has 1 rings (SSSR count). The van der Waals surface area contributed by atoms with Crippen molar-refractivity contribution in [3.8, 4) is 0 Å². The number of nitrogens with two attached hydrogens (primary N) is 1. The fraction of sp³-hybridized carbons (Fsp3) is 0.333. The van der Waals surface area contributed by atoms with Crippen molar-refractivity contribution in [2.45, 2.75) is 31.2 Å². The third-order valence-electron chi connectivity index (χ3n) is 3.09. The smallest absolute Gasteiger partial charge is 0.368 e. The third kappa shape index (κ3) is 6.12. The molecule has 3 N–H and O–H groups in total. The summed E-state index contributed by atoms with van der Waals surface area (Å²) in [5.41, 5.74) is 1.48. The standard InChI is InChI=1S/C15H14F6N2O2/c1-2-3-11(13(22)25)23-12(24)6-8-4-9(14(16,17)18)7-10(5-8)15(19,20)21/h2,4-5,7,11H,1,3,6H2,(H2,22,25)(H,23,24)/t11-/m1/s1. The van der Waals surface area contributed by atoms with Gasteiger partial charge in [0.2, 0.25) is 11.8 Å². The number of hydrogen-bond acceptors (Lipinski definition) is 2. The van der Waals surface area contributed by atoms with E-state index in [1.807, 2.05) is 0 Å². The van der Waals surface area contributed by atoms with E-state index in [-0.39, 0.29) is 12.5 Å². The zero-order valence-electron chi connectivity index (χ0n) is 12.7. The van der Waals surface area contributed by atoms with Crippen molar-refractivity contribution in [2.75, 3.05) is 0 Å². The Kier molecular flexibility index (Phi) is 6.22. The van der Waals surface area contributed by atoms with Crippen LogP contribution < -0.4 is 11.1 Å². The van der Waals surface area contributed by atoms with Gasteiger partial charge in [-0.25, -0.2) is 0 Å². The molecule has 0 saturated heterocycles. The lowest BCUT2D eigenvalue weighted by molar-refractivity contribution is -0.143. The Hall–Kier alpha value is -2.52. The van der Waals surface area contributed by atoms with Crippen LogP contribution in [0.25, 0.3) is 0 Å². The molecule has 0 aliphatic carbocycles. The fourth-order valence-corrected chi connectivity index (χ4v) is 1.97. The Bertz CT molecular complexity index is 635. The highest BCUT2D eigenvalue weighted by Crippen LogP contribution is 2.36. The number of carbonyl (C=O) groups excluding carboxylic acids is 2. The van der Waals surface area contributed by atoms with E-state index in [1.165, 1.54) is 6.08 Å². The molecule has 0 fully saturated rings. The van der Waals surface area contributed by atoms with E-state index in [0.29, 0.717) is 12.1 Å². The molecule has 1 aromatic carbocycles. The Morgan fingerprint density at radius 1 is 1.08 bits per heavy atom. The zero-order valence-corrected chi connectivity index (χ0v) is 12.7. The van der Waals surface area contributed by atoms with Gasteiger partial charge in [0.1, 0.15) is 6.04 Å². The summed E-state index contributed by atoms with van der Waals surface area (Å²) in [6.45, 7) is 3.34. The van der Waals surface area contributed by atoms with E-state index in [1.54, 1.807) is 0 Å². The second kappa shape index (κ2) is 7.58. The number of amides is 2. The van der Waals surface area contributed by atoms with Crippen molar-refractivity contribution in [2.24, 2.45) is 5.73 Å². The van der Waals surface area contributed by atoms with Crippen molar-refractivity contribution in [1.29, 1.82) is 0 Å². The van der Waals surface area contributed by atoms with E-state index in [4.69, 9.17) is 5.73 Å². The number of primary amides is 1. The molecule has 0 spiro atoms. The summed E-state index contributed by atoms with van der Waals surface area (Å²) < 4.78 is 76.5. The highest BCUT2D eigenvalue weighted by molar-refractivity contribution is 5.87. The van der Waals surface area contributed by atoms with Gasteiger partial charge in [-0.15, -0.1) is 6.58 Å². The lowest BCUT2D eigenvalue weighted by Crippen LogP contribution is -2.44. The third-order valence-corrected chi connectivity index (χ3v) is 3.09. The van der Waals surface area contributed by atoms with Gasteiger partial charge in [-0.3, -0.25) is 9.59 Å². The molecule has 25 heavy (non-hydrogen) atoms. The van der Waals surface area contributed by atoms with Crippen molar-refractivity contribution < 1.29 is 35.9 Å². The quantitative estimate of drug-likeness (QED) is 0.599. The first-order valence-corrected chi connectivity index (χ1v) is 6.82. The van der Waals surface area contributed by atoms with Gasteiger partial charge in [0.25, 0.3) is 0 Å². The van der Waals surface area contributed by atoms with Crippen molar-refractivity contribution in [3.63, 3.8) is 0 Å². The Morgan fingerprint density at radius 2 is 1.56 bits per heavy atom. The molecular weight excluding hydrogens is 354 g/mol. The molecule has 0 bridgehead atoms. The molecule has 0 aromatic heterocycles. The second-order valence-corrected chi connectivity index (χ2v) is 5.14. The molecule has 1 atom stereocenters. The Balaban J connectivity index is 3.10. The van der Waals surface area contributed by atoms with Crippen LogP contribution in [0.2, 0.25) is 0 Å². The van der Waals surface area contributed by atoms with E-state index in [2.05, 4.69) is 11.9 Å². The van der Waals surface area contributed by atoms with Gasteiger partial charge >= 0.3 is 12.4 Å². The summed E-state index contributed by atoms with van der Waals surface area (Å²) >= 11 is 0. The maximum absolute atomic E-state index is 12.7. The van der Waals surface area contributed by atoms with Crippen molar-refractivity contribution in [3.05, 3.63) is 47.5 Å². The lowest BCUT2D eigenvalue weighted by atomic mass is 10.0. The van der Waals surface area contributed by atoms with E-state index >= 15 is 0 Å². The molecule has 0 heterocycles. The average molecular weight is 368 g/mol. The van der Waals surface area contributed by atoms with Crippen LogP contribution in [0.3, 0.4) is 0 Å². The maximum Gasteiger partial charge on any atom is 0.416 e. The molecule has 0 radical (unpaired) electrons. The summed E-state index contributed by atoms with van der Waals surface area (Å²) in [6.07, 6.45) is -9.55. The molecule has 0 aliphatic rings. The maximum atomic E-state index is 12.7. The molecule has 138 valence electrons. The van der Waals surface area contributed by atoms with Crippen LogP contribution >= 0.6 is 0 Å². The average Bonchev–Trinajstić information content (AvgIpc) is 2.44. The summed E-state index contributed by atoms with van der Waals surface area (Å²) in [7, 11) is 0. The Morgan fingerprint density at radius 3 is 1.92 bits per heavy atom. The minimum atomic E-state index is -5.01. The van der Waals surface area contributed by atoms with E-state index in [9.17, 15) is 35.9 Å². The van der Waals surface area contributed by atoms with Crippen molar-refractivity contribution in [1.82, 2.24) is 5.32 Å². The molecule has 0 saturated carbocycles. The molecule has 2 amide bonds. The SMILES string of the molecule is C=CC[C@@H](NC(=O)Cc1cc(C(F)(F)F)cc(C(F)(F)F)c1)C(N)=O. The summed E-state index contributed by atoms with van der Waals surface area (Å²) in [5.74, 6) is -1.86. The molecule has 10 heteroatoms. The highest BCUT2D eigenvalue weighted by Gasteiger charge is 2.37. The zero-order chi connectivity index (χ0) is 19.4. The van der Waals surface area contributed by atoms with Crippen LogP contribution in [0, 0.1) is 0 Å². The number of rotatable bonds is 6. The predicted octanol–water partition coefficient (Wildman–Crippen LogP) is 2.81. The van der Waals surface area contributed by atoms with Crippen LogP contribution in [0.15, 0.2) is 30.9 Å². The van der Waals surface area contributed by atoms with Crippen LogP contribution in [0.1, 0.15) is 23.1 Å². The van der Waals surface area contributed by atoms with E-state index in [0.717, 1.165) is 0 Å². The van der Waals surface area contributed by atoms with Crippen LogP contribution in [0.4, 0.5) is 26.3 Å². The first-order valence-electron chi connectivity index (χ1n) is 6.82. The number of nitrogens with one attached hydrogen (secondary N) is 1. The van der Waals surface area contributed by atoms with Crippen LogP contribution in [0.5, 0.6) is 0 Å². The van der Waals surface area contributed by atoms with Gasteiger partial charge in [-0.1, -0.05) is 6.08 Å². The predicted molar refractivity (Wildman–Crippen MR) is 76.1 cm³/mol. The minimum Gasteiger partial charge on any atom is -0.368 e. The molecule has 0 aliphatic heterocycles. The number of alkyl halides is 6. The van der Waals surface area contributed by atoms with Gasteiger partial charge in [-0.05, 0) is 30.2 Å². The van der Waals surface area contributed by atoms with Crippen LogP contribution in [-0.2, 0) is 28.4 Å². The minimum absolute atomic E-state index is 0.0303.